The van der Waals surface area contributed by atoms with Crippen molar-refractivity contribution in [2.24, 2.45) is 11.1 Å². The first-order chi connectivity index (χ1) is 8.99. The highest BCUT2D eigenvalue weighted by atomic mass is 15.1. The van der Waals surface area contributed by atoms with Gasteiger partial charge in [-0.3, -0.25) is 0 Å². The van der Waals surface area contributed by atoms with Gasteiger partial charge >= 0.3 is 0 Å². The zero-order valence-electron chi connectivity index (χ0n) is 13.2. The Morgan fingerprint density at radius 2 is 2.00 bits per heavy atom. The van der Waals surface area contributed by atoms with Crippen LogP contribution >= 0.6 is 0 Å². The summed E-state index contributed by atoms with van der Waals surface area (Å²) in [6.45, 7) is 11.5. The standard InChI is InChI=1S/C16H33N3/c1-4-19-10-5-7-16(13-17,9-11-19)18-14-6-8-15(2,3)12-14/h14,18H,4-13,17H2,1-3H3. The fourth-order valence-electron chi connectivity index (χ4n) is 3.97. The topological polar surface area (TPSA) is 41.3 Å². The van der Waals surface area contributed by atoms with Crippen LogP contribution in [0.1, 0.15) is 59.3 Å². The molecule has 1 saturated carbocycles. The van der Waals surface area contributed by atoms with Gasteiger partial charge in [-0.05, 0) is 63.6 Å². The number of nitrogens with zero attached hydrogens (tertiary/aromatic N) is 1. The molecule has 1 saturated heterocycles. The Balaban J connectivity index is 1.94. The minimum absolute atomic E-state index is 0.203. The van der Waals surface area contributed by atoms with Crippen LogP contribution in [-0.2, 0) is 0 Å². The highest BCUT2D eigenvalue weighted by molar-refractivity contribution is 4.97. The van der Waals surface area contributed by atoms with E-state index in [-0.39, 0.29) is 5.54 Å². The molecule has 0 aromatic heterocycles. The van der Waals surface area contributed by atoms with Gasteiger partial charge in [-0.1, -0.05) is 20.8 Å². The molecule has 0 spiro atoms. The average Bonchev–Trinajstić information content (AvgIpc) is 2.61. The molecule has 0 aromatic rings. The molecule has 1 aliphatic heterocycles. The number of nitrogens with one attached hydrogen (secondary N) is 1. The van der Waals surface area contributed by atoms with Gasteiger partial charge in [0, 0.05) is 18.1 Å². The summed E-state index contributed by atoms with van der Waals surface area (Å²) in [6.07, 6.45) is 7.74. The first kappa shape index (κ1) is 15.3. The maximum atomic E-state index is 6.16. The number of hydrogen-bond acceptors (Lipinski definition) is 3. The predicted molar refractivity (Wildman–Crippen MR) is 82.3 cm³/mol. The van der Waals surface area contributed by atoms with Crippen LogP contribution < -0.4 is 11.1 Å². The molecule has 2 atom stereocenters. The van der Waals surface area contributed by atoms with Crippen molar-refractivity contribution in [3.05, 3.63) is 0 Å². The number of rotatable bonds is 4. The molecular formula is C16H33N3. The zero-order chi connectivity index (χ0) is 13.9. The molecule has 2 aliphatic rings. The molecule has 0 aromatic carbocycles. The lowest BCUT2D eigenvalue weighted by Crippen LogP contribution is -2.55. The Labute approximate surface area is 119 Å². The second-order valence-electron chi connectivity index (χ2n) is 7.52. The Hall–Kier alpha value is -0.120. The molecule has 0 bridgehead atoms. The summed E-state index contributed by atoms with van der Waals surface area (Å²) in [5, 5.41) is 3.97. The van der Waals surface area contributed by atoms with E-state index in [1.807, 2.05) is 0 Å². The predicted octanol–water partition coefficient (Wildman–Crippen LogP) is 2.36. The Morgan fingerprint density at radius 1 is 1.21 bits per heavy atom. The molecule has 2 unspecified atom stereocenters. The summed E-state index contributed by atoms with van der Waals surface area (Å²) in [5.41, 5.74) is 6.88. The quantitative estimate of drug-likeness (QED) is 0.821. The summed E-state index contributed by atoms with van der Waals surface area (Å²) in [6, 6.07) is 0.687. The maximum absolute atomic E-state index is 6.16. The Kier molecular flexibility index (Phi) is 4.91. The zero-order valence-corrected chi connectivity index (χ0v) is 13.2. The second kappa shape index (κ2) is 6.11. The third kappa shape index (κ3) is 3.93. The number of hydrogen-bond donors (Lipinski definition) is 2. The van der Waals surface area contributed by atoms with Gasteiger partial charge in [0.05, 0.1) is 0 Å². The van der Waals surface area contributed by atoms with Crippen LogP contribution in [-0.4, -0.2) is 42.7 Å². The van der Waals surface area contributed by atoms with Gasteiger partial charge in [-0.25, -0.2) is 0 Å². The van der Waals surface area contributed by atoms with Crippen molar-refractivity contribution in [2.75, 3.05) is 26.2 Å². The van der Waals surface area contributed by atoms with Crippen molar-refractivity contribution in [3.8, 4) is 0 Å². The van der Waals surface area contributed by atoms with Crippen molar-refractivity contribution >= 4 is 0 Å². The molecule has 2 rings (SSSR count). The number of nitrogens with two attached hydrogens (primary N) is 1. The molecule has 1 aliphatic carbocycles. The minimum Gasteiger partial charge on any atom is -0.329 e. The van der Waals surface area contributed by atoms with Crippen LogP contribution in [0.25, 0.3) is 0 Å². The molecule has 3 nitrogen and oxygen atoms in total. The second-order valence-corrected chi connectivity index (χ2v) is 7.52. The monoisotopic (exact) mass is 267 g/mol. The van der Waals surface area contributed by atoms with Crippen LogP contribution in [0.5, 0.6) is 0 Å². The SMILES string of the molecule is CCN1CCCC(CN)(NC2CCC(C)(C)C2)CC1. The smallest absolute Gasteiger partial charge is 0.0319 e. The van der Waals surface area contributed by atoms with Crippen molar-refractivity contribution in [3.63, 3.8) is 0 Å². The van der Waals surface area contributed by atoms with E-state index in [2.05, 4.69) is 31.0 Å². The molecule has 1 heterocycles. The van der Waals surface area contributed by atoms with E-state index < -0.39 is 0 Å². The van der Waals surface area contributed by atoms with Crippen molar-refractivity contribution in [1.29, 1.82) is 0 Å². The Bertz CT molecular complexity index is 290. The number of likely N-dealkylation sites (tertiary alicyclic amines) is 1. The largest absolute Gasteiger partial charge is 0.329 e. The summed E-state index contributed by atoms with van der Waals surface area (Å²) in [5.74, 6) is 0. The van der Waals surface area contributed by atoms with Crippen LogP contribution in [0.15, 0.2) is 0 Å². The maximum Gasteiger partial charge on any atom is 0.0319 e. The fraction of sp³-hybridized carbons (Fsp3) is 1.00. The van der Waals surface area contributed by atoms with Gasteiger partial charge in [0.25, 0.3) is 0 Å². The van der Waals surface area contributed by atoms with Crippen molar-refractivity contribution in [2.45, 2.75) is 70.9 Å². The van der Waals surface area contributed by atoms with Gasteiger partial charge in [0.15, 0.2) is 0 Å². The summed E-state index contributed by atoms with van der Waals surface area (Å²) in [7, 11) is 0. The van der Waals surface area contributed by atoms with Crippen LogP contribution in [0.2, 0.25) is 0 Å². The van der Waals surface area contributed by atoms with Crippen LogP contribution in [0, 0.1) is 5.41 Å². The first-order valence-corrected chi connectivity index (χ1v) is 8.19. The molecule has 2 fully saturated rings. The third-order valence-corrected chi connectivity index (χ3v) is 5.35. The molecule has 0 radical (unpaired) electrons. The van der Waals surface area contributed by atoms with Gasteiger partial charge in [-0.2, -0.15) is 0 Å². The molecule has 19 heavy (non-hydrogen) atoms. The fourth-order valence-corrected chi connectivity index (χ4v) is 3.97. The lowest BCUT2D eigenvalue weighted by molar-refractivity contribution is 0.238. The average molecular weight is 267 g/mol. The van der Waals surface area contributed by atoms with Crippen molar-refractivity contribution < 1.29 is 0 Å². The Morgan fingerprint density at radius 3 is 2.58 bits per heavy atom. The van der Waals surface area contributed by atoms with Crippen molar-refractivity contribution in [1.82, 2.24) is 10.2 Å². The van der Waals surface area contributed by atoms with Gasteiger partial charge in [0.1, 0.15) is 0 Å². The van der Waals surface area contributed by atoms with E-state index in [1.165, 1.54) is 58.2 Å². The van der Waals surface area contributed by atoms with E-state index in [4.69, 9.17) is 5.73 Å². The minimum atomic E-state index is 0.203. The normalized spacial score (nSPS) is 36.3. The summed E-state index contributed by atoms with van der Waals surface area (Å²) in [4.78, 5) is 2.57. The molecule has 3 heteroatoms. The highest BCUT2D eigenvalue weighted by Gasteiger charge is 2.37. The van der Waals surface area contributed by atoms with Gasteiger partial charge < -0.3 is 16.0 Å². The molecular weight excluding hydrogens is 234 g/mol. The van der Waals surface area contributed by atoms with Crippen LogP contribution in [0.3, 0.4) is 0 Å². The van der Waals surface area contributed by atoms with Gasteiger partial charge in [0.2, 0.25) is 0 Å². The van der Waals surface area contributed by atoms with E-state index in [9.17, 15) is 0 Å². The van der Waals surface area contributed by atoms with E-state index in [0.29, 0.717) is 11.5 Å². The molecule has 3 N–H and O–H groups in total. The highest BCUT2D eigenvalue weighted by Crippen LogP contribution is 2.38. The first-order valence-electron chi connectivity index (χ1n) is 8.19. The molecule has 112 valence electrons. The van der Waals surface area contributed by atoms with Crippen LogP contribution in [0.4, 0.5) is 0 Å². The molecule has 0 amide bonds. The lowest BCUT2D eigenvalue weighted by atomic mass is 9.88. The lowest BCUT2D eigenvalue weighted by Gasteiger charge is -2.36. The summed E-state index contributed by atoms with van der Waals surface area (Å²) >= 11 is 0. The van der Waals surface area contributed by atoms with E-state index in [1.54, 1.807) is 0 Å². The van der Waals surface area contributed by atoms with E-state index >= 15 is 0 Å². The van der Waals surface area contributed by atoms with E-state index in [0.717, 1.165) is 6.54 Å². The third-order valence-electron chi connectivity index (χ3n) is 5.35. The van der Waals surface area contributed by atoms with Gasteiger partial charge in [-0.15, -0.1) is 0 Å². The summed E-state index contributed by atoms with van der Waals surface area (Å²) < 4.78 is 0.